The summed E-state index contributed by atoms with van der Waals surface area (Å²) in [5, 5.41) is 6.38. The zero-order chi connectivity index (χ0) is 13.5. The van der Waals surface area contributed by atoms with E-state index in [1.165, 1.54) is 0 Å². The minimum Gasteiger partial charge on any atom is -0.377 e. The normalized spacial score (nSPS) is 12.6. The summed E-state index contributed by atoms with van der Waals surface area (Å²) in [4.78, 5) is 10.9. The molecule has 2 N–H and O–H groups in total. The number of rotatable bonds is 7. The molecule has 0 aliphatic carbocycles. The third kappa shape index (κ3) is 4.85. The number of hydrogen-bond acceptors (Lipinski definition) is 6. The Morgan fingerprint density at radius 2 is 2.00 bits per heavy atom. The molecule has 0 aliphatic rings. The smallest absolute Gasteiger partial charge is 0.158 e. The van der Waals surface area contributed by atoms with E-state index in [1.807, 2.05) is 27.2 Å². The van der Waals surface area contributed by atoms with Gasteiger partial charge in [-0.15, -0.1) is 0 Å². The van der Waals surface area contributed by atoms with E-state index in [1.54, 1.807) is 7.11 Å². The minimum absolute atomic E-state index is 0.315. The van der Waals surface area contributed by atoms with E-state index in [0.717, 1.165) is 18.2 Å². The molecule has 1 rings (SSSR count). The maximum atomic E-state index is 5.06. The Hall–Kier alpha value is -1.40. The molecule has 1 heterocycles. The minimum atomic E-state index is 0.315. The van der Waals surface area contributed by atoms with Crippen molar-refractivity contribution in [1.29, 1.82) is 0 Å². The van der Waals surface area contributed by atoms with Crippen LogP contribution in [0.2, 0.25) is 0 Å². The standard InChI is InChI=1S/C12H23N5O/c1-9(7-17(3)4)14-11-6-10(13-2)15-12(16-11)8-18-5/h6,9H,7-8H2,1-5H3,(H2,13,14,15,16). The molecule has 0 saturated heterocycles. The topological polar surface area (TPSA) is 62.3 Å². The first kappa shape index (κ1) is 14.7. The van der Waals surface area contributed by atoms with Crippen molar-refractivity contribution in [1.82, 2.24) is 14.9 Å². The van der Waals surface area contributed by atoms with Gasteiger partial charge in [-0.2, -0.15) is 0 Å². The zero-order valence-corrected chi connectivity index (χ0v) is 11.8. The van der Waals surface area contributed by atoms with Gasteiger partial charge < -0.3 is 20.3 Å². The van der Waals surface area contributed by atoms with E-state index in [2.05, 4.69) is 32.4 Å². The quantitative estimate of drug-likeness (QED) is 0.756. The fourth-order valence-corrected chi connectivity index (χ4v) is 1.74. The predicted octanol–water partition coefficient (Wildman–Crippen LogP) is 1.03. The molecular formula is C12H23N5O. The first-order valence-corrected chi connectivity index (χ1v) is 6.01. The number of ether oxygens (including phenoxy) is 1. The van der Waals surface area contributed by atoms with Crippen molar-refractivity contribution in [3.05, 3.63) is 11.9 Å². The highest BCUT2D eigenvalue weighted by Gasteiger charge is 2.07. The summed E-state index contributed by atoms with van der Waals surface area (Å²) in [7, 11) is 7.57. The lowest BCUT2D eigenvalue weighted by molar-refractivity contribution is 0.178. The van der Waals surface area contributed by atoms with Crippen LogP contribution in [0.15, 0.2) is 6.07 Å². The van der Waals surface area contributed by atoms with E-state index < -0.39 is 0 Å². The lowest BCUT2D eigenvalue weighted by Crippen LogP contribution is -2.30. The molecule has 1 aromatic rings. The van der Waals surface area contributed by atoms with Gasteiger partial charge in [-0.05, 0) is 21.0 Å². The summed E-state index contributed by atoms with van der Waals surface area (Å²) in [5.74, 6) is 2.27. The predicted molar refractivity (Wildman–Crippen MR) is 73.9 cm³/mol. The maximum absolute atomic E-state index is 5.06. The van der Waals surface area contributed by atoms with Gasteiger partial charge in [-0.1, -0.05) is 0 Å². The first-order valence-electron chi connectivity index (χ1n) is 6.01. The second kappa shape index (κ2) is 7.13. The number of methoxy groups -OCH3 is 1. The molecule has 1 unspecified atom stereocenters. The van der Waals surface area contributed by atoms with Crippen LogP contribution < -0.4 is 10.6 Å². The third-order valence-electron chi connectivity index (χ3n) is 2.34. The molecule has 6 heteroatoms. The monoisotopic (exact) mass is 253 g/mol. The van der Waals surface area contributed by atoms with E-state index in [-0.39, 0.29) is 0 Å². The highest BCUT2D eigenvalue weighted by atomic mass is 16.5. The Balaban J connectivity index is 2.77. The van der Waals surface area contributed by atoms with Crippen LogP contribution in [0.3, 0.4) is 0 Å². The van der Waals surface area contributed by atoms with Crippen LogP contribution in [0, 0.1) is 0 Å². The number of likely N-dealkylation sites (N-methyl/N-ethyl adjacent to an activating group) is 1. The van der Waals surface area contributed by atoms with Gasteiger partial charge in [-0.25, -0.2) is 9.97 Å². The largest absolute Gasteiger partial charge is 0.377 e. The summed E-state index contributed by atoms with van der Waals surface area (Å²) < 4.78 is 5.06. The SMILES string of the molecule is CNc1cc(NC(C)CN(C)C)nc(COC)n1. The fourth-order valence-electron chi connectivity index (χ4n) is 1.74. The van der Waals surface area contributed by atoms with Gasteiger partial charge in [0.1, 0.15) is 18.2 Å². The summed E-state index contributed by atoms with van der Waals surface area (Å²) in [6, 6.07) is 2.21. The van der Waals surface area contributed by atoms with Crippen LogP contribution >= 0.6 is 0 Å². The summed E-state index contributed by atoms with van der Waals surface area (Å²) >= 11 is 0. The van der Waals surface area contributed by atoms with E-state index in [9.17, 15) is 0 Å². The summed E-state index contributed by atoms with van der Waals surface area (Å²) in [6.07, 6.45) is 0. The number of aromatic nitrogens is 2. The van der Waals surface area contributed by atoms with E-state index in [0.29, 0.717) is 18.5 Å². The number of nitrogens with zero attached hydrogens (tertiary/aromatic N) is 3. The van der Waals surface area contributed by atoms with E-state index >= 15 is 0 Å². The second-order valence-electron chi connectivity index (χ2n) is 4.55. The van der Waals surface area contributed by atoms with Crippen molar-refractivity contribution in [2.75, 3.05) is 45.4 Å². The summed E-state index contributed by atoms with van der Waals surface area (Å²) in [6.45, 7) is 3.47. The fraction of sp³-hybridized carbons (Fsp3) is 0.667. The van der Waals surface area contributed by atoms with Gasteiger partial charge in [0.25, 0.3) is 0 Å². The molecule has 18 heavy (non-hydrogen) atoms. The molecule has 1 atom stereocenters. The Bertz CT molecular complexity index is 369. The molecule has 0 saturated carbocycles. The van der Waals surface area contributed by atoms with Crippen molar-refractivity contribution in [3.8, 4) is 0 Å². The average Bonchev–Trinajstić information content (AvgIpc) is 2.27. The van der Waals surface area contributed by atoms with E-state index in [4.69, 9.17) is 4.74 Å². The van der Waals surface area contributed by atoms with Crippen molar-refractivity contribution in [2.24, 2.45) is 0 Å². The Morgan fingerprint density at radius 3 is 2.56 bits per heavy atom. The summed E-state index contributed by atoms with van der Waals surface area (Å²) in [5.41, 5.74) is 0. The van der Waals surface area contributed by atoms with Crippen molar-refractivity contribution >= 4 is 11.6 Å². The van der Waals surface area contributed by atoms with Gasteiger partial charge in [0.2, 0.25) is 0 Å². The lowest BCUT2D eigenvalue weighted by Gasteiger charge is -2.19. The van der Waals surface area contributed by atoms with Crippen LogP contribution in [-0.4, -0.2) is 55.7 Å². The van der Waals surface area contributed by atoms with Gasteiger partial charge in [0, 0.05) is 32.8 Å². The number of anilines is 2. The van der Waals surface area contributed by atoms with Gasteiger partial charge in [0.05, 0.1) is 0 Å². The molecule has 0 bridgehead atoms. The first-order chi connectivity index (χ1) is 8.55. The Labute approximate surface area is 109 Å². The van der Waals surface area contributed by atoms with Crippen LogP contribution in [-0.2, 0) is 11.3 Å². The van der Waals surface area contributed by atoms with Crippen LogP contribution in [0.5, 0.6) is 0 Å². The molecule has 102 valence electrons. The van der Waals surface area contributed by atoms with Crippen LogP contribution in [0.1, 0.15) is 12.7 Å². The lowest BCUT2D eigenvalue weighted by atomic mass is 10.3. The molecule has 0 aromatic carbocycles. The molecule has 0 radical (unpaired) electrons. The molecular weight excluding hydrogens is 230 g/mol. The van der Waals surface area contributed by atoms with Crippen LogP contribution in [0.25, 0.3) is 0 Å². The van der Waals surface area contributed by atoms with Crippen molar-refractivity contribution in [2.45, 2.75) is 19.6 Å². The molecule has 0 amide bonds. The zero-order valence-electron chi connectivity index (χ0n) is 11.8. The maximum Gasteiger partial charge on any atom is 0.158 e. The second-order valence-corrected chi connectivity index (χ2v) is 4.55. The number of nitrogens with one attached hydrogen (secondary N) is 2. The van der Waals surface area contributed by atoms with Gasteiger partial charge in [-0.3, -0.25) is 0 Å². The highest BCUT2D eigenvalue weighted by Crippen LogP contribution is 2.12. The molecule has 0 fully saturated rings. The molecule has 1 aromatic heterocycles. The molecule has 6 nitrogen and oxygen atoms in total. The van der Waals surface area contributed by atoms with Crippen LogP contribution in [0.4, 0.5) is 11.6 Å². The molecule has 0 spiro atoms. The number of hydrogen-bond donors (Lipinski definition) is 2. The van der Waals surface area contributed by atoms with Crippen molar-refractivity contribution in [3.63, 3.8) is 0 Å². The third-order valence-corrected chi connectivity index (χ3v) is 2.34. The molecule has 0 aliphatic heterocycles. The average molecular weight is 253 g/mol. The Kier molecular flexibility index (Phi) is 5.80. The highest BCUT2D eigenvalue weighted by molar-refractivity contribution is 5.47. The van der Waals surface area contributed by atoms with Gasteiger partial charge >= 0.3 is 0 Å². The Morgan fingerprint density at radius 1 is 1.33 bits per heavy atom. The van der Waals surface area contributed by atoms with Gasteiger partial charge in [0.15, 0.2) is 5.82 Å². The van der Waals surface area contributed by atoms with Crippen molar-refractivity contribution < 1.29 is 4.74 Å².